The number of aromatic nitrogens is 2. The number of nitrogens with zero attached hydrogens (tertiary/aromatic N) is 2. The second-order valence-electron chi connectivity index (χ2n) is 14.8. The quantitative estimate of drug-likeness (QED) is 0.0778. The second-order valence-corrected chi connectivity index (χ2v) is 18.2. The average Bonchev–Trinajstić information content (AvgIpc) is 4.00. The van der Waals surface area contributed by atoms with Gasteiger partial charge in [0.25, 0.3) is 14.1 Å². The Kier molecular flexibility index (Phi) is 12.4. The number of nitrogens with one attached hydrogen (secondary N) is 1. The van der Waals surface area contributed by atoms with Gasteiger partial charge in [-0.15, -0.1) is 5.92 Å². The molecule has 0 radical (unpaired) electrons. The van der Waals surface area contributed by atoms with Gasteiger partial charge in [-0.1, -0.05) is 78.7 Å². The van der Waals surface area contributed by atoms with E-state index in [0.29, 0.717) is 18.0 Å². The van der Waals surface area contributed by atoms with Crippen LogP contribution in [0.1, 0.15) is 54.7 Å². The molecule has 3 saturated heterocycles. The Bertz CT molecular complexity index is 2510. The van der Waals surface area contributed by atoms with Crippen LogP contribution in [0.5, 0.6) is 11.5 Å². The van der Waals surface area contributed by atoms with Crippen molar-refractivity contribution in [3.8, 4) is 23.3 Å². The normalized spacial score (nSPS) is 22.9. The molecule has 312 valence electrons. The first kappa shape index (κ1) is 41.6. The van der Waals surface area contributed by atoms with Gasteiger partial charge in [0.15, 0.2) is 9.84 Å². The predicted molar refractivity (Wildman–Crippen MR) is 226 cm³/mol. The molecule has 0 unspecified atom stereocenters. The molecule has 3 aliphatic rings. The van der Waals surface area contributed by atoms with Crippen molar-refractivity contribution in [2.75, 3.05) is 33.1 Å². The van der Waals surface area contributed by atoms with Crippen LogP contribution in [0.25, 0.3) is 0 Å². The highest BCUT2D eigenvalue weighted by atomic mass is 32.2. The number of hydrogen-bond donors (Lipinski definition) is 1. The SMILES string of the molecule is CC#Cc1cn([C@H]2C[C@H](O[P@]3O[C@H](CS(=O)(=O)c4ccccc4)[C@@H]4CCCN43)[C@@H](COC(c3ccccc3)(c3ccc(OC)cc3)c3ccc(OC)cc3)O2)c(=O)[nH]c1=O. The van der Waals surface area contributed by atoms with E-state index in [1.54, 1.807) is 51.5 Å². The van der Waals surface area contributed by atoms with E-state index in [4.69, 9.17) is 28.0 Å². The first-order chi connectivity index (χ1) is 29.1. The second kappa shape index (κ2) is 17.9. The zero-order valence-corrected chi connectivity index (χ0v) is 35.1. The van der Waals surface area contributed by atoms with Crippen LogP contribution in [0.2, 0.25) is 0 Å². The van der Waals surface area contributed by atoms with Gasteiger partial charge in [0.2, 0.25) is 0 Å². The van der Waals surface area contributed by atoms with E-state index in [1.165, 1.54) is 10.8 Å². The summed E-state index contributed by atoms with van der Waals surface area (Å²) in [5.41, 5.74) is 0.160. The van der Waals surface area contributed by atoms with Crippen LogP contribution in [0, 0.1) is 11.8 Å². The summed E-state index contributed by atoms with van der Waals surface area (Å²) in [6, 6.07) is 33.5. The molecule has 0 saturated carbocycles. The zero-order valence-electron chi connectivity index (χ0n) is 33.4. The maximum Gasteiger partial charge on any atom is 0.330 e. The van der Waals surface area contributed by atoms with Crippen molar-refractivity contribution in [2.45, 2.75) is 67.3 Å². The Morgan fingerprint density at radius 3 is 2.08 bits per heavy atom. The van der Waals surface area contributed by atoms with Gasteiger partial charge in [-0.05, 0) is 72.9 Å². The van der Waals surface area contributed by atoms with E-state index in [0.717, 1.165) is 29.5 Å². The van der Waals surface area contributed by atoms with Crippen molar-refractivity contribution in [2.24, 2.45) is 0 Å². The molecular weight excluding hydrogens is 806 g/mol. The third kappa shape index (κ3) is 8.32. The summed E-state index contributed by atoms with van der Waals surface area (Å²) in [6.45, 7) is 2.27. The summed E-state index contributed by atoms with van der Waals surface area (Å²) in [5.74, 6) is 6.67. The van der Waals surface area contributed by atoms with Crippen LogP contribution in [0.4, 0.5) is 0 Å². The van der Waals surface area contributed by atoms with E-state index in [9.17, 15) is 18.0 Å². The fourth-order valence-electron chi connectivity index (χ4n) is 8.22. The van der Waals surface area contributed by atoms with Crippen LogP contribution >= 0.6 is 8.53 Å². The molecule has 0 bridgehead atoms. The highest BCUT2D eigenvalue weighted by Gasteiger charge is 2.51. The summed E-state index contributed by atoms with van der Waals surface area (Å²) in [4.78, 5) is 28.6. The maximum absolute atomic E-state index is 13.6. The molecule has 60 heavy (non-hydrogen) atoms. The minimum Gasteiger partial charge on any atom is -0.497 e. The van der Waals surface area contributed by atoms with Crippen LogP contribution in [0.15, 0.2) is 130 Å². The first-order valence-corrected chi connectivity index (χ1v) is 22.5. The number of rotatable bonds is 14. The largest absolute Gasteiger partial charge is 0.497 e. The average molecular weight is 852 g/mol. The molecule has 0 aliphatic carbocycles. The summed E-state index contributed by atoms with van der Waals surface area (Å²) < 4.78 is 69.1. The molecule has 13 nitrogen and oxygen atoms in total. The lowest BCUT2D eigenvalue weighted by atomic mass is 9.80. The van der Waals surface area contributed by atoms with Gasteiger partial charge in [-0.25, -0.2) is 17.9 Å². The fourth-order valence-corrected chi connectivity index (χ4v) is 11.8. The Labute approximate surface area is 350 Å². The van der Waals surface area contributed by atoms with Crippen LogP contribution in [-0.4, -0.2) is 80.1 Å². The molecule has 1 aromatic heterocycles. The summed E-state index contributed by atoms with van der Waals surface area (Å²) >= 11 is 0. The topological polar surface area (TPSA) is 148 Å². The smallest absolute Gasteiger partial charge is 0.330 e. The monoisotopic (exact) mass is 851 g/mol. The number of sulfone groups is 1. The van der Waals surface area contributed by atoms with Gasteiger partial charge < -0.3 is 28.0 Å². The van der Waals surface area contributed by atoms with Gasteiger partial charge >= 0.3 is 5.69 Å². The van der Waals surface area contributed by atoms with Crippen molar-refractivity contribution in [1.29, 1.82) is 0 Å². The molecule has 5 aromatic rings. The number of benzene rings is 4. The number of aromatic amines is 1. The van der Waals surface area contributed by atoms with E-state index in [1.807, 2.05) is 78.9 Å². The lowest BCUT2D eigenvalue weighted by Gasteiger charge is -2.37. The van der Waals surface area contributed by atoms with Gasteiger partial charge in [0.1, 0.15) is 35.0 Å². The van der Waals surface area contributed by atoms with Crippen LogP contribution in [0.3, 0.4) is 0 Å². The highest BCUT2D eigenvalue weighted by Crippen LogP contribution is 2.58. The Morgan fingerprint density at radius 2 is 1.47 bits per heavy atom. The number of fused-ring (bicyclic) bond motifs is 1. The Balaban J connectivity index is 1.16. The van der Waals surface area contributed by atoms with Gasteiger partial charge in [0, 0.05) is 25.2 Å². The number of ether oxygens (including phenoxy) is 4. The molecule has 4 aromatic carbocycles. The van der Waals surface area contributed by atoms with Crippen LogP contribution < -0.4 is 20.7 Å². The minimum atomic E-state index is -3.65. The standard InChI is InChI=1S/C45H46N3O10PS/c1-4-12-31-28-47(44(50)46-43(31)49)42-27-39(57-59-48-26-11-17-38(48)41(58-59)30-60(51,52)37-15-9-6-10-16-37)40(56-42)29-55-45(32-13-7-5-8-14-32,33-18-22-35(53-2)23-19-33)34-20-24-36(54-3)25-21-34/h5-10,13-16,18-25,28,38-42H,11,17,26-27,29-30H2,1-3H3,(H,46,49,50)/t38-,39-,40+,41+,42+,59+/m0/s1. The maximum atomic E-state index is 13.6. The number of H-pyrrole nitrogens is 1. The van der Waals surface area contributed by atoms with Crippen molar-refractivity contribution in [3.05, 3.63) is 158 Å². The molecule has 15 heteroatoms. The lowest BCUT2D eigenvalue weighted by Crippen LogP contribution is -2.38. The number of methoxy groups -OCH3 is 2. The Hall–Kier alpha value is -5.10. The van der Waals surface area contributed by atoms with Crippen molar-refractivity contribution in [1.82, 2.24) is 14.2 Å². The summed E-state index contributed by atoms with van der Waals surface area (Å²) in [7, 11) is -2.17. The molecule has 4 heterocycles. The van der Waals surface area contributed by atoms with E-state index < -0.39 is 59.8 Å². The van der Waals surface area contributed by atoms with E-state index in [2.05, 4.69) is 21.5 Å². The molecule has 8 rings (SSSR count). The van der Waals surface area contributed by atoms with E-state index >= 15 is 0 Å². The van der Waals surface area contributed by atoms with Gasteiger partial charge in [-0.3, -0.25) is 14.3 Å². The highest BCUT2D eigenvalue weighted by molar-refractivity contribution is 7.91. The van der Waals surface area contributed by atoms with Crippen LogP contribution in [-0.2, 0) is 34.0 Å². The van der Waals surface area contributed by atoms with Gasteiger partial charge in [-0.2, -0.15) is 0 Å². The predicted octanol–water partition coefficient (Wildman–Crippen LogP) is 6.17. The Morgan fingerprint density at radius 1 is 0.850 bits per heavy atom. The molecule has 3 fully saturated rings. The summed E-state index contributed by atoms with van der Waals surface area (Å²) in [5, 5.41) is 0. The first-order valence-electron chi connectivity index (χ1n) is 19.7. The third-order valence-corrected chi connectivity index (χ3v) is 14.8. The van der Waals surface area contributed by atoms with E-state index in [-0.39, 0.29) is 35.3 Å². The molecule has 3 aliphatic heterocycles. The zero-order chi connectivity index (χ0) is 41.9. The molecular formula is C45H46N3O10PS. The van der Waals surface area contributed by atoms with Crippen molar-refractivity contribution < 1.29 is 36.4 Å². The van der Waals surface area contributed by atoms with Crippen molar-refractivity contribution >= 4 is 18.4 Å². The lowest BCUT2D eigenvalue weighted by molar-refractivity contribution is -0.0920. The minimum absolute atomic E-state index is 0.0216. The fraction of sp³-hybridized carbons (Fsp3) is 0.333. The van der Waals surface area contributed by atoms with Crippen molar-refractivity contribution in [3.63, 3.8) is 0 Å². The number of hydrogen-bond acceptors (Lipinski definition) is 11. The van der Waals surface area contributed by atoms with Gasteiger partial charge in [0.05, 0.1) is 43.7 Å². The molecule has 1 N–H and O–H groups in total. The summed E-state index contributed by atoms with van der Waals surface area (Å²) in [6.07, 6.45) is 0.292. The molecule has 0 amide bonds. The third-order valence-electron chi connectivity index (χ3n) is 11.2. The molecule has 0 spiro atoms. The molecule has 6 atom stereocenters.